The van der Waals surface area contributed by atoms with Gasteiger partial charge in [-0.1, -0.05) is 23.4 Å². The smallest absolute Gasteiger partial charge is 0.275 e. The molecule has 0 saturated carbocycles. The van der Waals surface area contributed by atoms with Gasteiger partial charge >= 0.3 is 6.03 Å². The van der Waals surface area contributed by atoms with Crippen molar-refractivity contribution in [2.75, 3.05) is 12.8 Å². The molecule has 1 fully saturated rings. The summed E-state index contributed by atoms with van der Waals surface area (Å²) in [7, 11) is 0. The van der Waals surface area contributed by atoms with Gasteiger partial charge in [0.15, 0.2) is 10.9 Å². The zero-order valence-corrected chi connectivity index (χ0v) is 11.2. The lowest BCUT2D eigenvalue weighted by Gasteiger charge is -2.14. The molecule has 4 amide bonds. The van der Waals surface area contributed by atoms with Crippen LogP contribution in [0.1, 0.15) is 10.5 Å². The third-order valence-electron chi connectivity index (χ3n) is 2.15. The van der Waals surface area contributed by atoms with Crippen LogP contribution in [-0.2, 0) is 4.79 Å². The maximum absolute atomic E-state index is 11.9. The van der Waals surface area contributed by atoms with Crippen molar-refractivity contribution in [1.82, 2.24) is 25.7 Å². The van der Waals surface area contributed by atoms with E-state index in [9.17, 15) is 14.4 Å². The number of urea groups is 1. The summed E-state index contributed by atoms with van der Waals surface area (Å²) in [5.41, 5.74) is 2.18. The molecule has 0 radical (unpaired) electrons. The Morgan fingerprint density at radius 3 is 2.89 bits per heavy atom. The van der Waals surface area contributed by atoms with Crippen LogP contribution in [0.4, 0.5) is 4.79 Å². The van der Waals surface area contributed by atoms with Crippen molar-refractivity contribution in [1.29, 1.82) is 0 Å². The first-order valence-corrected chi connectivity index (χ1v) is 6.60. The zero-order chi connectivity index (χ0) is 14.0. The normalized spacial score (nSPS) is 14.5. The van der Waals surface area contributed by atoms with Crippen molar-refractivity contribution in [3.63, 3.8) is 0 Å². The maximum Gasteiger partial charge on any atom is 0.343 e. The van der Waals surface area contributed by atoms with Crippen molar-refractivity contribution in [3.05, 3.63) is 16.9 Å². The number of nitrogens with one attached hydrogen (secondary N) is 2. The molecule has 10 heteroatoms. The van der Waals surface area contributed by atoms with Gasteiger partial charge in [-0.05, 0) is 6.26 Å². The second-order valence-electron chi connectivity index (χ2n) is 3.43. The quantitative estimate of drug-likeness (QED) is 0.464. The van der Waals surface area contributed by atoms with E-state index in [1.54, 1.807) is 6.26 Å². The number of aromatic nitrogens is 2. The van der Waals surface area contributed by atoms with Gasteiger partial charge < -0.3 is 0 Å². The summed E-state index contributed by atoms with van der Waals surface area (Å²) >= 11 is 7.06. The Morgan fingerprint density at radius 2 is 2.32 bits per heavy atom. The van der Waals surface area contributed by atoms with Gasteiger partial charge in [-0.25, -0.2) is 19.8 Å². The molecule has 2 rings (SSSR count). The maximum atomic E-state index is 11.9. The summed E-state index contributed by atoms with van der Waals surface area (Å²) < 4.78 is 0. The third-order valence-corrected chi connectivity index (χ3v) is 2.99. The van der Waals surface area contributed by atoms with Crippen molar-refractivity contribution in [2.24, 2.45) is 0 Å². The predicted octanol–water partition coefficient (Wildman–Crippen LogP) is 0.0485. The molecule has 1 aliphatic heterocycles. The topological polar surface area (TPSA) is 104 Å². The second kappa shape index (κ2) is 5.41. The standard InChI is InChI=1S/C9H8ClN5O3S/c1-19-8-11-2-4(10)6(13-8)7(17)14-15-3-5(16)12-9(15)18/h2H,3H2,1H3,(H,14,17)(H,12,16,18). The van der Waals surface area contributed by atoms with Crippen LogP contribution in [0.2, 0.25) is 5.02 Å². The Kier molecular flexibility index (Phi) is 3.86. The molecule has 1 aliphatic rings. The minimum atomic E-state index is -0.700. The molecule has 0 atom stereocenters. The Hall–Kier alpha value is -1.87. The van der Waals surface area contributed by atoms with Gasteiger partial charge in [0, 0.05) is 0 Å². The second-order valence-corrected chi connectivity index (χ2v) is 4.61. The van der Waals surface area contributed by atoms with Crippen LogP contribution >= 0.6 is 23.4 Å². The van der Waals surface area contributed by atoms with Gasteiger partial charge in [0.05, 0.1) is 11.2 Å². The number of hydrogen-bond donors (Lipinski definition) is 2. The first kappa shape index (κ1) is 13.6. The van der Waals surface area contributed by atoms with Crippen LogP contribution in [0.5, 0.6) is 0 Å². The highest BCUT2D eigenvalue weighted by molar-refractivity contribution is 7.98. The lowest BCUT2D eigenvalue weighted by molar-refractivity contribution is -0.118. The molecule has 1 aromatic heterocycles. The van der Waals surface area contributed by atoms with Crippen LogP contribution in [0.25, 0.3) is 0 Å². The van der Waals surface area contributed by atoms with E-state index in [0.29, 0.717) is 5.16 Å². The molecule has 19 heavy (non-hydrogen) atoms. The first-order valence-electron chi connectivity index (χ1n) is 5.00. The number of thioether (sulfide) groups is 1. The van der Waals surface area contributed by atoms with E-state index in [2.05, 4.69) is 15.4 Å². The fourth-order valence-electron chi connectivity index (χ4n) is 1.32. The minimum Gasteiger partial charge on any atom is -0.275 e. The van der Waals surface area contributed by atoms with Crippen LogP contribution in [0.3, 0.4) is 0 Å². The van der Waals surface area contributed by atoms with E-state index in [1.165, 1.54) is 18.0 Å². The van der Waals surface area contributed by atoms with Crippen LogP contribution in [-0.4, -0.2) is 45.6 Å². The fraction of sp³-hybridized carbons (Fsp3) is 0.222. The lowest BCUT2D eigenvalue weighted by Crippen LogP contribution is -2.44. The molecule has 2 heterocycles. The molecule has 2 N–H and O–H groups in total. The molecule has 0 unspecified atom stereocenters. The molecule has 8 nitrogen and oxygen atoms in total. The zero-order valence-electron chi connectivity index (χ0n) is 9.64. The highest BCUT2D eigenvalue weighted by Crippen LogP contribution is 2.16. The number of hydrazine groups is 1. The number of amides is 4. The number of halogens is 1. The van der Waals surface area contributed by atoms with Crippen molar-refractivity contribution in [2.45, 2.75) is 5.16 Å². The third kappa shape index (κ3) is 2.93. The summed E-state index contributed by atoms with van der Waals surface area (Å²) in [4.78, 5) is 42.0. The molecule has 100 valence electrons. The van der Waals surface area contributed by atoms with E-state index in [-0.39, 0.29) is 17.3 Å². The van der Waals surface area contributed by atoms with E-state index in [4.69, 9.17) is 11.6 Å². The average molecular weight is 302 g/mol. The molecule has 0 spiro atoms. The number of rotatable bonds is 3. The monoisotopic (exact) mass is 301 g/mol. The molecule has 0 aliphatic carbocycles. The SMILES string of the molecule is CSc1ncc(Cl)c(C(=O)NN2CC(=O)NC2=O)n1. The predicted molar refractivity (Wildman–Crippen MR) is 66.5 cm³/mol. The number of nitrogens with zero attached hydrogens (tertiary/aromatic N) is 3. The summed E-state index contributed by atoms with van der Waals surface area (Å²) in [5, 5.41) is 3.30. The molecular weight excluding hydrogens is 294 g/mol. The van der Waals surface area contributed by atoms with Crippen LogP contribution < -0.4 is 10.7 Å². The van der Waals surface area contributed by atoms with Gasteiger partial charge in [0.1, 0.15) is 6.54 Å². The highest BCUT2D eigenvalue weighted by atomic mass is 35.5. The number of hydrogen-bond acceptors (Lipinski definition) is 6. The highest BCUT2D eigenvalue weighted by Gasteiger charge is 2.29. The first-order chi connectivity index (χ1) is 9.01. The van der Waals surface area contributed by atoms with E-state index >= 15 is 0 Å². The van der Waals surface area contributed by atoms with Gasteiger partial charge in [-0.3, -0.25) is 20.3 Å². The van der Waals surface area contributed by atoms with Gasteiger partial charge in [0.25, 0.3) is 5.91 Å². The number of carbonyl (C=O) groups excluding carboxylic acids is 3. The van der Waals surface area contributed by atoms with Gasteiger partial charge in [-0.15, -0.1) is 0 Å². The van der Waals surface area contributed by atoms with Crippen molar-refractivity contribution >= 4 is 41.2 Å². The molecule has 0 bridgehead atoms. The Bertz CT molecular complexity index is 567. The molecule has 1 aromatic rings. The van der Waals surface area contributed by atoms with Crippen molar-refractivity contribution < 1.29 is 14.4 Å². The van der Waals surface area contributed by atoms with Crippen molar-refractivity contribution in [3.8, 4) is 0 Å². The number of imide groups is 1. The Morgan fingerprint density at radius 1 is 1.58 bits per heavy atom. The minimum absolute atomic E-state index is 0.0567. The van der Waals surface area contributed by atoms with Crippen LogP contribution in [0.15, 0.2) is 11.4 Å². The molecule has 0 aromatic carbocycles. The number of carbonyl (C=O) groups is 3. The van der Waals surface area contributed by atoms with E-state index < -0.39 is 17.8 Å². The Balaban J connectivity index is 2.16. The molecule has 1 saturated heterocycles. The fourth-order valence-corrected chi connectivity index (χ4v) is 1.83. The largest absolute Gasteiger partial charge is 0.343 e. The summed E-state index contributed by atoms with van der Waals surface area (Å²) in [6.45, 7) is -0.247. The molecular formula is C9H8ClN5O3S. The average Bonchev–Trinajstić information content (AvgIpc) is 2.68. The summed E-state index contributed by atoms with van der Waals surface area (Å²) in [5.74, 6) is -1.18. The van der Waals surface area contributed by atoms with E-state index in [0.717, 1.165) is 5.01 Å². The van der Waals surface area contributed by atoms with Gasteiger partial charge in [0.2, 0.25) is 5.91 Å². The lowest BCUT2D eigenvalue weighted by atomic mass is 10.4. The van der Waals surface area contributed by atoms with Gasteiger partial charge in [-0.2, -0.15) is 0 Å². The Labute approximate surface area is 116 Å². The van der Waals surface area contributed by atoms with Crippen LogP contribution in [0, 0.1) is 0 Å². The van der Waals surface area contributed by atoms with E-state index in [1.807, 2.05) is 5.32 Å². The summed E-state index contributed by atoms with van der Waals surface area (Å²) in [6.07, 6.45) is 3.04. The summed E-state index contributed by atoms with van der Waals surface area (Å²) in [6, 6.07) is -0.700.